The minimum absolute atomic E-state index is 0.116. The normalized spacial score (nSPS) is 10.9. The van der Waals surface area contributed by atoms with Gasteiger partial charge in [-0.05, 0) is 12.1 Å². The van der Waals surface area contributed by atoms with Gasteiger partial charge in [-0.25, -0.2) is 0 Å². The van der Waals surface area contributed by atoms with Crippen molar-refractivity contribution in [2.75, 3.05) is 6.61 Å². The molecule has 7 heteroatoms. The van der Waals surface area contributed by atoms with Gasteiger partial charge in [-0.15, -0.1) is 13.2 Å². The molecule has 0 atom stereocenters. The molecular formula is C9H9F3N2O2. The molecule has 0 aromatic heterocycles. The van der Waals surface area contributed by atoms with Gasteiger partial charge in [-0.1, -0.05) is 12.1 Å². The number of hydrogen-bond acceptors (Lipinski definition) is 3. The van der Waals surface area contributed by atoms with Crippen molar-refractivity contribution < 1.29 is 22.6 Å². The second-order valence-electron chi connectivity index (χ2n) is 2.81. The first kappa shape index (κ1) is 12.2. The van der Waals surface area contributed by atoms with Gasteiger partial charge in [0.15, 0.2) is 11.5 Å². The number of amidine groups is 1. The van der Waals surface area contributed by atoms with Crippen LogP contribution in [0.25, 0.3) is 0 Å². The van der Waals surface area contributed by atoms with E-state index in [-0.39, 0.29) is 18.2 Å². The fourth-order valence-electron chi connectivity index (χ4n) is 0.934. The van der Waals surface area contributed by atoms with E-state index in [1.165, 1.54) is 18.2 Å². The number of benzene rings is 1. The lowest BCUT2D eigenvalue weighted by Crippen LogP contribution is -2.21. The standard InChI is InChI=1S/C9H9F3N2O2/c10-9(11,12)16-7-4-2-1-3-6(7)15-5-8(13)14/h1-4H,5H2,(H3,13,14). The molecule has 0 radical (unpaired) electrons. The third kappa shape index (κ3) is 4.07. The van der Waals surface area contributed by atoms with Gasteiger partial charge < -0.3 is 15.2 Å². The van der Waals surface area contributed by atoms with E-state index in [4.69, 9.17) is 15.9 Å². The van der Waals surface area contributed by atoms with Crippen molar-refractivity contribution in [1.29, 1.82) is 5.41 Å². The fraction of sp³-hybridized carbons (Fsp3) is 0.222. The average Bonchev–Trinajstić information content (AvgIpc) is 2.14. The van der Waals surface area contributed by atoms with E-state index in [1.54, 1.807) is 0 Å². The number of rotatable bonds is 4. The van der Waals surface area contributed by atoms with Gasteiger partial charge in [-0.3, -0.25) is 5.41 Å². The molecule has 0 spiro atoms. The molecule has 0 saturated carbocycles. The molecule has 0 aliphatic heterocycles. The van der Waals surface area contributed by atoms with Gasteiger partial charge in [0.2, 0.25) is 0 Å². The lowest BCUT2D eigenvalue weighted by molar-refractivity contribution is -0.275. The van der Waals surface area contributed by atoms with Crippen LogP contribution in [0.1, 0.15) is 0 Å². The molecule has 0 heterocycles. The van der Waals surface area contributed by atoms with Crippen molar-refractivity contribution in [3.63, 3.8) is 0 Å². The van der Waals surface area contributed by atoms with Crippen molar-refractivity contribution >= 4 is 5.84 Å². The molecule has 1 aromatic rings. The predicted octanol–water partition coefficient (Wildman–Crippen LogP) is 1.90. The predicted molar refractivity (Wildman–Crippen MR) is 50.5 cm³/mol. The molecule has 0 amide bonds. The number of halogens is 3. The van der Waals surface area contributed by atoms with Crippen molar-refractivity contribution in [2.24, 2.45) is 5.73 Å². The maximum atomic E-state index is 12.0. The van der Waals surface area contributed by atoms with Crippen molar-refractivity contribution in [2.45, 2.75) is 6.36 Å². The lowest BCUT2D eigenvalue weighted by atomic mass is 10.3. The molecule has 0 aliphatic rings. The maximum absolute atomic E-state index is 12.0. The Morgan fingerprint density at radius 3 is 2.31 bits per heavy atom. The van der Waals surface area contributed by atoms with Gasteiger partial charge in [0.05, 0.1) is 0 Å². The van der Waals surface area contributed by atoms with E-state index in [1.807, 2.05) is 0 Å². The molecule has 1 aromatic carbocycles. The van der Waals surface area contributed by atoms with Crippen molar-refractivity contribution in [3.8, 4) is 11.5 Å². The van der Waals surface area contributed by atoms with Gasteiger partial charge in [0.1, 0.15) is 12.4 Å². The summed E-state index contributed by atoms with van der Waals surface area (Å²) in [6, 6.07) is 5.27. The smallest absolute Gasteiger partial charge is 0.482 e. The fourth-order valence-corrected chi connectivity index (χ4v) is 0.934. The summed E-state index contributed by atoms with van der Waals surface area (Å²) in [5.41, 5.74) is 5.01. The highest BCUT2D eigenvalue weighted by Crippen LogP contribution is 2.31. The molecule has 0 bridgehead atoms. The Hall–Kier alpha value is -1.92. The summed E-state index contributed by atoms with van der Waals surface area (Å²) in [5, 5.41) is 6.88. The van der Waals surface area contributed by atoms with E-state index >= 15 is 0 Å². The number of alkyl halides is 3. The second kappa shape index (κ2) is 4.73. The third-order valence-corrected chi connectivity index (χ3v) is 1.46. The highest BCUT2D eigenvalue weighted by molar-refractivity contribution is 5.78. The van der Waals surface area contributed by atoms with Crippen LogP contribution < -0.4 is 15.2 Å². The van der Waals surface area contributed by atoms with Crippen LogP contribution in [0.3, 0.4) is 0 Å². The zero-order valence-corrected chi connectivity index (χ0v) is 8.04. The number of nitrogens with two attached hydrogens (primary N) is 1. The summed E-state index contributed by atoms with van der Waals surface area (Å²) >= 11 is 0. The number of hydrogen-bond donors (Lipinski definition) is 2. The van der Waals surface area contributed by atoms with E-state index in [0.29, 0.717) is 0 Å². The lowest BCUT2D eigenvalue weighted by Gasteiger charge is -2.13. The maximum Gasteiger partial charge on any atom is 0.573 e. The Bertz CT molecular complexity index is 379. The average molecular weight is 234 g/mol. The topological polar surface area (TPSA) is 68.3 Å². The highest BCUT2D eigenvalue weighted by Gasteiger charge is 2.32. The van der Waals surface area contributed by atoms with Crippen LogP contribution in [0.15, 0.2) is 24.3 Å². The summed E-state index contributed by atoms with van der Waals surface area (Å²) in [7, 11) is 0. The summed E-state index contributed by atoms with van der Waals surface area (Å²) in [5.74, 6) is -0.868. The molecule has 1 rings (SSSR count). The Balaban J connectivity index is 2.79. The van der Waals surface area contributed by atoms with E-state index < -0.39 is 12.1 Å². The molecular weight excluding hydrogens is 225 g/mol. The minimum atomic E-state index is -4.78. The summed E-state index contributed by atoms with van der Waals surface area (Å²) in [4.78, 5) is 0. The summed E-state index contributed by atoms with van der Waals surface area (Å²) < 4.78 is 44.5. The zero-order chi connectivity index (χ0) is 12.2. The van der Waals surface area contributed by atoms with Crippen LogP contribution in [0.4, 0.5) is 13.2 Å². The van der Waals surface area contributed by atoms with E-state index in [9.17, 15) is 13.2 Å². The Kier molecular flexibility index (Phi) is 3.60. The summed E-state index contributed by atoms with van der Waals surface area (Å²) in [6.45, 7) is -0.293. The molecule has 0 saturated heterocycles. The molecule has 0 fully saturated rings. The quantitative estimate of drug-likeness (QED) is 0.617. The number of ether oxygens (including phenoxy) is 2. The molecule has 4 nitrogen and oxygen atoms in total. The second-order valence-corrected chi connectivity index (χ2v) is 2.81. The zero-order valence-electron chi connectivity index (χ0n) is 8.04. The minimum Gasteiger partial charge on any atom is -0.482 e. The van der Waals surface area contributed by atoms with Crippen molar-refractivity contribution in [3.05, 3.63) is 24.3 Å². The molecule has 3 N–H and O–H groups in total. The van der Waals surface area contributed by atoms with Crippen LogP contribution in [0.5, 0.6) is 11.5 Å². The van der Waals surface area contributed by atoms with E-state index in [2.05, 4.69) is 4.74 Å². The van der Waals surface area contributed by atoms with Crippen molar-refractivity contribution in [1.82, 2.24) is 0 Å². The third-order valence-electron chi connectivity index (χ3n) is 1.46. The first-order valence-electron chi connectivity index (χ1n) is 4.19. The highest BCUT2D eigenvalue weighted by atomic mass is 19.4. The number of para-hydroxylation sites is 2. The Morgan fingerprint density at radius 2 is 1.81 bits per heavy atom. The Morgan fingerprint density at radius 1 is 1.25 bits per heavy atom. The summed E-state index contributed by atoms with van der Waals surface area (Å²) in [6.07, 6.45) is -4.78. The van der Waals surface area contributed by atoms with Crippen LogP contribution in [-0.2, 0) is 0 Å². The SMILES string of the molecule is N=C(N)COc1ccccc1OC(F)(F)F. The van der Waals surface area contributed by atoms with Crippen LogP contribution in [-0.4, -0.2) is 18.8 Å². The molecule has 0 unspecified atom stereocenters. The largest absolute Gasteiger partial charge is 0.573 e. The Labute approximate surface area is 89.3 Å². The molecule has 0 aliphatic carbocycles. The molecule has 16 heavy (non-hydrogen) atoms. The van der Waals surface area contributed by atoms with Gasteiger partial charge in [-0.2, -0.15) is 0 Å². The van der Waals surface area contributed by atoms with Crippen LogP contribution in [0, 0.1) is 5.41 Å². The first-order valence-corrected chi connectivity index (χ1v) is 4.19. The van der Waals surface area contributed by atoms with Gasteiger partial charge >= 0.3 is 6.36 Å². The van der Waals surface area contributed by atoms with Crippen LogP contribution in [0.2, 0.25) is 0 Å². The monoisotopic (exact) mass is 234 g/mol. The van der Waals surface area contributed by atoms with E-state index in [0.717, 1.165) is 6.07 Å². The van der Waals surface area contributed by atoms with Gasteiger partial charge in [0, 0.05) is 0 Å². The van der Waals surface area contributed by atoms with Crippen LogP contribution >= 0.6 is 0 Å². The number of nitrogens with one attached hydrogen (secondary N) is 1. The van der Waals surface area contributed by atoms with Gasteiger partial charge in [0.25, 0.3) is 0 Å². The first-order chi connectivity index (χ1) is 7.38. The molecule has 88 valence electrons.